The van der Waals surface area contributed by atoms with E-state index in [1.807, 2.05) is 0 Å². The van der Waals surface area contributed by atoms with Gasteiger partial charge in [-0.05, 0) is 88.3 Å². The first-order chi connectivity index (χ1) is 11.5. The summed E-state index contributed by atoms with van der Waals surface area (Å²) in [6.07, 6.45) is 12.7. The van der Waals surface area contributed by atoms with E-state index in [4.69, 9.17) is 4.43 Å². The average molecular weight is 363 g/mol. The van der Waals surface area contributed by atoms with Crippen LogP contribution in [0, 0.1) is 29.1 Å². The second-order valence-electron chi connectivity index (χ2n) is 10.6. The lowest BCUT2D eigenvalue weighted by molar-refractivity contribution is -0.130. The molecular weight excluding hydrogens is 324 g/mol. The summed E-state index contributed by atoms with van der Waals surface area (Å²) < 4.78 is 6.45. The molecule has 0 bridgehead atoms. The topological polar surface area (TPSA) is 26.3 Å². The van der Waals surface area contributed by atoms with E-state index in [1.54, 1.807) is 0 Å². The van der Waals surface area contributed by atoms with Gasteiger partial charge in [-0.15, -0.1) is 0 Å². The molecular formula is C22H38O2Si. The van der Waals surface area contributed by atoms with Crippen molar-refractivity contribution in [2.45, 2.75) is 91.0 Å². The van der Waals surface area contributed by atoms with Crippen molar-refractivity contribution in [2.75, 3.05) is 0 Å². The van der Waals surface area contributed by atoms with Gasteiger partial charge in [0.25, 0.3) is 0 Å². The second kappa shape index (κ2) is 6.63. The molecule has 2 nitrogen and oxygen atoms in total. The molecule has 3 heteroatoms. The average Bonchev–Trinajstić information content (AvgIpc) is 2.98. The van der Waals surface area contributed by atoms with Gasteiger partial charge in [0, 0.05) is 12.3 Å². The third-order valence-electron chi connectivity index (χ3n) is 7.23. The predicted molar refractivity (Wildman–Crippen MR) is 107 cm³/mol. The first-order valence-corrected chi connectivity index (χ1v) is 13.9. The highest BCUT2D eigenvalue weighted by atomic mass is 28.4. The molecule has 25 heavy (non-hydrogen) atoms. The fraction of sp³-hybridized carbons (Fsp3) is 0.864. The van der Waals surface area contributed by atoms with Crippen molar-refractivity contribution in [3.05, 3.63) is 12.2 Å². The van der Waals surface area contributed by atoms with Crippen LogP contribution >= 0.6 is 0 Å². The smallest absolute Gasteiger partial charge is 0.184 e. The fourth-order valence-electron chi connectivity index (χ4n) is 6.48. The summed E-state index contributed by atoms with van der Waals surface area (Å²) >= 11 is 0. The highest BCUT2D eigenvalue weighted by Crippen LogP contribution is 2.57. The van der Waals surface area contributed by atoms with Gasteiger partial charge in [0.05, 0.1) is 5.60 Å². The molecule has 0 aromatic heterocycles. The van der Waals surface area contributed by atoms with Gasteiger partial charge in [-0.25, -0.2) is 0 Å². The molecule has 142 valence electrons. The molecule has 0 aliphatic heterocycles. The largest absolute Gasteiger partial charge is 0.409 e. The van der Waals surface area contributed by atoms with Gasteiger partial charge in [0.1, 0.15) is 5.78 Å². The van der Waals surface area contributed by atoms with Gasteiger partial charge in [-0.2, -0.15) is 0 Å². The minimum atomic E-state index is -1.52. The van der Waals surface area contributed by atoms with Crippen LogP contribution in [-0.4, -0.2) is 19.7 Å². The molecule has 6 atom stereocenters. The quantitative estimate of drug-likeness (QED) is 0.444. The van der Waals surface area contributed by atoms with Crippen molar-refractivity contribution < 1.29 is 9.22 Å². The van der Waals surface area contributed by atoms with Crippen molar-refractivity contribution in [2.24, 2.45) is 29.1 Å². The van der Waals surface area contributed by atoms with Gasteiger partial charge < -0.3 is 4.43 Å². The first-order valence-electron chi connectivity index (χ1n) is 10.4. The van der Waals surface area contributed by atoms with Gasteiger partial charge in [-0.1, -0.05) is 26.0 Å². The maximum Gasteiger partial charge on any atom is 0.184 e. The Morgan fingerprint density at radius 3 is 2.68 bits per heavy atom. The fourth-order valence-corrected chi connectivity index (χ4v) is 8.03. The van der Waals surface area contributed by atoms with Gasteiger partial charge >= 0.3 is 0 Å². The Labute approximate surface area is 155 Å². The molecule has 0 amide bonds. The maximum absolute atomic E-state index is 12.4. The zero-order valence-electron chi connectivity index (χ0n) is 17.2. The maximum atomic E-state index is 12.4. The van der Waals surface area contributed by atoms with Crippen molar-refractivity contribution in [1.29, 1.82) is 0 Å². The number of hydrogen-bond donors (Lipinski definition) is 0. The highest BCUT2D eigenvalue weighted by molar-refractivity contribution is 6.69. The van der Waals surface area contributed by atoms with Gasteiger partial charge in [-0.3, -0.25) is 4.79 Å². The molecule has 3 aliphatic rings. The lowest BCUT2D eigenvalue weighted by atomic mass is 9.61. The Hall–Kier alpha value is -0.413. The standard InChI is InChI=1S/C22H38O2Si/c1-16(14-17-11-13-21(2,15-17)24-25(4,5)6)18-9-10-19-20(23)8-7-12-22(18,19)3/h11,13,16-19H,7-10,12,14-15H2,1-6H3/t16-,17-,18-,19?,21-,22-/m1/s1. The van der Waals surface area contributed by atoms with Crippen LogP contribution in [0.15, 0.2) is 12.2 Å². The lowest BCUT2D eigenvalue weighted by Crippen LogP contribution is -2.40. The third-order valence-corrected chi connectivity index (χ3v) is 8.30. The van der Waals surface area contributed by atoms with Crippen LogP contribution in [0.1, 0.15) is 65.7 Å². The van der Waals surface area contributed by atoms with E-state index in [2.05, 4.69) is 52.6 Å². The molecule has 0 radical (unpaired) electrons. The molecule has 0 aromatic rings. The van der Waals surface area contributed by atoms with Crippen molar-refractivity contribution in [1.82, 2.24) is 0 Å². The summed E-state index contributed by atoms with van der Waals surface area (Å²) in [7, 11) is -1.52. The molecule has 1 unspecified atom stereocenters. The van der Waals surface area contributed by atoms with Crippen molar-refractivity contribution in [3.8, 4) is 0 Å². The summed E-state index contributed by atoms with van der Waals surface area (Å²) in [6.45, 7) is 14.0. The molecule has 0 saturated heterocycles. The van der Waals surface area contributed by atoms with E-state index in [9.17, 15) is 4.79 Å². The molecule has 0 heterocycles. The van der Waals surface area contributed by atoms with Crippen LogP contribution in [0.4, 0.5) is 0 Å². The molecule has 2 fully saturated rings. The number of hydrogen-bond acceptors (Lipinski definition) is 2. The number of carbonyl (C=O) groups is 1. The SMILES string of the molecule is C[C@H](C[C@H]1C=C[C@@](C)(O[Si](C)(C)C)C1)[C@H]1CCC2C(=O)CCC[C@@]21C. The number of fused-ring (bicyclic) bond motifs is 1. The van der Waals surface area contributed by atoms with Crippen LogP contribution in [0.5, 0.6) is 0 Å². The molecule has 3 rings (SSSR count). The molecule has 2 saturated carbocycles. The molecule has 0 aromatic carbocycles. The van der Waals surface area contributed by atoms with E-state index in [0.29, 0.717) is 23.5 Å². The number of rotatable bonds is 5. The molecule has 0 N–H and O–H groups in total. The minimum absolute atomic E-state index is 0.0578. The van der Waals surface area contributed by atoms with Crippen LogP contribution in [-0.2, 0) is 9.22 Å². The Morgan fingerprint density at radius 2 is 2.00 bits per heavy atom. The number of carbonyl (C=O) groups excluding carboxylic acids is 1. The van der Waals surface area contributed by atoms with E-state index < -0.39 is 8.32 Å². The Balaban J connectivity index is 1.61. The van der Waals surface area contributed by atoms with Crippen LogP contribution < -0.4 is 0 Å². The second-order valence-corrected chi connectivity index (χ2v) is 15.1. The monoisotopic (exact) mass is 362 g/mol. The Bertz CT molecular complexity index is 549. The van der Waals surface area contributed by atoms with Crippen LogP contribution in [0.25, 0.3) is 0 Å². The van der Waals surface area contributed by atoms with E-state index in [0.717, 1.165) is 31.6 Å². The normalized spacial score (nSPS) is 42.6. The zero-order valence-corrected chi connectivity index (χ0v) is 18.2. The first kappa shape index (κ1) is 19.4. The Kier molecular flexibility index (Phi) is 5.14. The lowest BCUT2D eigenvalue weighted by Gasteiger charge is -2.42. The van der Waals surface area contributed by atoms with E-state index in [1.165, 1.54) is 19.3 Å². The molecule has 0 spiro atoms. The van der Waals surface area contributed by atoms with E-state index in [-0.39, 0.29) is 11.0 Å². The highest BCUT2D eigenvalue weighted by Gasteiger charge is 2.52. The van der Waals surface area contributed by atoms with Gasteiger partial charge in [0.15, 0.2) is 8.32 Å². The summed E-state index contributed by atoms with van der Waals surface area (Å²) in [5.41, 5.74) is 0.215. The van der Waals surface area contributed by atoms with Crippen LogP contribution in [0.2, 0.25) is 19.6 Å². The number of allylic oxidation sites excluding steroid dienone is 1. The zero-order chi connectivity index (χ0) is 18.5. The Morgan fingerprint density at radius 1 is 1.28 bits per heavy atom. The summed E-state index contributed by atoms with van der Waals surface area (Å²) in [6, 6.07) is 0. The third kappa shape index (κ3) is 3.97. The number of Topliss-reactive ketones (excluding diaryl/α,β-unsaturated/α-hetero) is 1. The van der Waals surface area contributed by atoms with Crippen molar-refractivity contribution in [3.63, 3.8) is 0 Å². The number of ketones is 1. The van der Waals surface area contributed by atoms with E-state index >= 15 is 0 Å². The summed E-state index contributed by atoms with van der Waals surface area (Å²) in [5, 5.41) is 0. The van der Waals surface area contributed by atoms with Gasteiger partial charge in [0.2, 0.25) is 0 Å². The minimum Gasteiger partial charge on any atom is -0.409 e. The summed E-state index contributed by atoms with van der Waals surface area (Å²) in [5.74, 6) is 2.97. The summed E-state index contributed by atoms with van der Waals surface area (Å²) in [4.78, 5) is 12.4. The molecule has 3 aliphatic carbocycles. The van der Waals surface area contributed by atoms with Crippen molar-refractivity contribution >= 4 is 14.1 Å². The van der Waals surface area contributed by atoms with Crippen LogP contribution in [0.3, 0.4) is 0 Å². The predicted octanol–water partition coefficient (Wildman–Crippen LogP) is 5.98.